The van der Waals surface area contributed by atoms with Crippen LogP contribution in [0.2, 0.25) is 0 Å². The van der Waals surface area contributed by atoms with Gasteiger partial charge in [0.2, 0.25) is 0 Å². The third kappa shape index (κ3) is 2.50. The summed E-state index contributed by atoms with van der Waals surface area (Å²) in [6, 6.07) is 15.0. The zero-order valence-corrected chi connectivity index (χ0v) is 15.4. The fourth-order valence-corrected chi connectivity index (χ4v) is 3.92. The van der Waals surface area contributed by atoms with Gasteiger partial charge in [-0.25, -0.2) is 9.59 Å². The van der Waals surface area contributed by atoms with Crippen LogP contribution in [0.5, 0.6) is 0 Å². The van der Waals surface area contributed by atoms with Crippen LogP contribution in [0.25, 0.3) is 45.1 Å². The molecule has 1 aliphatic rings. The lowest BCUT2D eigenvalue weighted by atomic mass is 9.94. The molecule has 0 bridgehead atoms. The third-order valence-corrected chi connectivity index (χ3v) is 5.24. The number of esters is 1. The van der Waals surface area contributed by atoms with Crippen LogP contribution < -0.4 is 0 Å². The number of nitrogens with one attached hydrogen (secondary N) is 2. The van der Waals surface area contributed by atoms with Crippen molar-refractivity contribution in [3.05, 3.63) is 71.0 Å². The van der Waals surface area contributed by atoms with Crippen LogP contribution in [0.3, 0.4) is 0 Å². The van der Waals surface area contributed by atoms with Gasteiger partial charge in [0.05, 0.1) is 29.6 Å². The number of para-hydroxylation sites is 2. The Labute approximate surface area is 165 Å². The van der Waals surface area contributed by atoms with Gasteiger partial charge in [-0.05, 0) is 24.3 Å². The highest BCUT2D eigenvalue weighted by Gasteiger charge is 2.27. The zero-order valence-electron chi connectivity index (χ0n) is 15.4. The minimum atomic E-state index is -1.05. The number of carboxylic acid groups (broad SMARTS) is 1. The molecule has 0 amide bonds. The quantitative estimate of drug-likeness (QED) is 0.449. The van der Waals surface area contributed by atoms with Gasteiger partial charge in [0, 0.05) is 32.9 Å². The number of fused-ring (bicyclic) bond motifs is 6. The minimum Gasteiger partial charge on any atom is -0.478 e. The molecule has 0 radical (unpaired) electrons. The first kappa shape index (κ1) is 17.1. The minimum absolute atomic E-state index is 0.127. The molecule has 6 nitrogen and oxygen atoms in total. The number of aromatic amines is 2. The number of hydrogen-bond donors (Lipinski definition) is 3. The number of aromatic nitrogens is 2. The van der Waals surface area contributed by atoms with E-state index in [4.69, 9.17) is 4.74 Å². The summed E-state index contributed by atoms with van der Waals surface area (Å²) in [5, 5.41) is 11.6. The number of rotatable bonds is 2. The van der Waals surface area contributed by atoms with E-state index < -0.39 is 11.9 Å². The molecule has 142 valence electrons. The number of H-pyrrole nitrogens is 2. The van der Waals surface area contributed by atoms with Crippen molar-refractivity contribution < 1.29 is 19.4 Å². The Kier molecular flexibility index (Phi) is 3.67. The van der Waals surface area contributed by atoms with Crippen LogP contribution >= 0.6 is 0 Å². The van der Waals surface area contributed by atoms with Gasteiger partial charge in [-0.15, -0.1) is 0 Å². The van der Waals surface area contributed by atoms with Crippen molar-refractivity contribution in [2.24, 2.45) is 0 Å². The molecule has 0 fully saturated rings. The Morgan fingerprint density at radius 3 is 1.79 bits per heavy atom. The Morgan fingerprint density at radius 1 is 0.793 bits per heavy atom. The summed E-state index contributed by atoms with van der Waals surface area (Å²) in [6.07, 6.45) is 3.31. The molecule has 1 aliphatic carbocycles. The summed E-state index contributed by atoms with van der Waals surface area (Å²) < 4.78 is 5.04. The van der Waals surface area contributed by atoms with Crippen molar-refractivity contribution in [1.29, 1.82) is 0 Å². The zero-order chi connectivity index (χ0) is 20.1. The van der Waals surface area contributed by atoms with Gasteiger partial charge in [-0.1, -0.05) is 36.4 Å². The molecule has 0 spiro atoms. The van der Waals surface area contributed by atoms with E-state index in [1.807, 2.05) is 48.5 Å². The number of hydrogen-bond acceptors (Lipinski definition) is 3. The lowest BCUT2D eigenvalue weighted by Crippen LogP contribution is -2.08. The van der Waals surface area contributed by atoms with E-state index in [1.54, 1.807) is 12.2 Å². The molecular weight excluding hydrogens is 368 g/mol. The molecule has 0 saturated heterocycles. The van der Waals surface area contributed by atoms with Crippen molar-refractivity contribution in [3.8, 4) is 0 Å². The molecule has 29 heavy (non-hydrogen) atoms. The number of carbonyl (C=O) groups excluding carboxylic acids is 1. The molecular formula is C23H16N2O4. The average Bonchev–Trinajstić information content (AvgIpc) is 3.25. The Balaban J connectivity index is 1.95. The largest absolute Gasteiger partial charge is 0.478 e. The first-order valence-electron chi connectivity index (χ1n) is 9.05. The van der Waals surface area contributed by atoms with Gasteiger partial charge in [0.25, 0.3) is 0 Å². The molecule has 6 heteroatoms. The fraction of sp³-hybridized carbons (Fsp3) is 0.0435. The standard InChI is InChI=1S/C23H16N2O4/c1-29-23(28)17-11-15-13-7-3-4-8-18(13)24-20(15)16(22(26)27)10-14-12-6-2-5-9-19(12)25-21(14)17/h2-11,24-25H,1H3,(H,26,27)/b14-10?,15-11?,16-10+,17-11+,20-16?,21-17?. The van der Waals surface area contributed by atoms with Gasteiger partial charge < -0.3 is 19.8 Å². The van der Waals surface area contributed by atoms with E-state index in [0.29, 0.717) is 28.1 Å². The number of aliphatic carboxylic acids is 1. The van der Waals surface area contributed by atoms with Gasteiger partial charge in [0.15, 0.2) is 0 Å². The second-order valence-electron chi connectivity index (χ2n) is 6.83. The van der Waals surface area contributed by atoms with Crippen molar-refractivity contribution in [2.45, 2.75) is 0 Å². The Bertz CT molecular complexity index is 1380. The topological polar surface area (TPSA) is 95.2 Å². The molecule has 5 rings (SSSR count). The van der Waals surface area contributed by atoms with Crippen LogP contribution in [0.15, 0.2) is 48.5 Å². The third-order valence-electron chi connectivity index (χ3n) is 5.24. The molecule has 2 aromatic heterocycles. The monoisotopic (exact) mass is 384 g/mol. The van der Waals surface area contributed by atoms with Crippen molar-refractivity contribution >= 4 is 57.0 Å². The SMILES string of the molecule is COC(=O)/C1=C/c2c([nH]c3ccccc23)/C(C(=O)O)=C\c2c1[nH]c1ccccc21. The van der Waals surface area contributed by atoms with Crippen molar-refractivity contribution in [2.75, 3.05) is 7.11 Å². The van der Waals surface area contributed by atoms with Crippen LogP contribution in [-0.4, -0.2) is 34.1 Å². The van der Waals surface area contributed by atoms with E-state index in [2.05, 4.69) is 9.97 Å². The van der Waals surface area contributed by atoms with E-state index >= 15 is 0 Å². The van der Waals surface area contributed by atoms with E-state index in [0.717, 1.165) is 21.8 Å². The number of methoxy groups -OCH3 is 1. The number of benzene rings is 2. The average molecular weight is 384 g/mol. The summed E-state index contributed by atoms with van der Waals surface area (Å²) in [5.74, 6) is -1.55. The second kappa shape index (κ2) is 6.24. The molecule has 2 heterocycles. The highest BCUT2D eigenvalue weighted by atomic mass is 16.5. The van der Waals surface area contributed by atoms with E-state index in [-0.39, 0.29) is 5.57 Å². The maximum absolute atomic E-state index is 12.7. The number of carboxylic acids is 1. The summed E-state index contributed by atoms with van der Waals surface area (Å²) in [6.45, 7) is 0. The van der Waals surface area contributed by atoms with Gasteiger partial charge in [0.1, 0.15) is 0 Å². The molecule has 3 N–H and O–H groups in total. The predicted molar refractivity (Wildman–Crippen MR) is 112 cm³/mol. The molecule has 4 aromatic rings. The van der Waals surface area contributed by atoms with Gasteiger partial charge in [-0.2, -0.15) is 0 Å². The predicted octanol–water partition coefficient (Wildman–Crippen LogP) is 4.30. The van der Waals surface area contributed by atoms with E-state index in [1.165, 1.54) is 7.11 Å². The summed E-state index contributed by atoms with van der Waals surface area (Å²) in [4.78, 5) is 31.4. The van der Waals surface area contributed by atoms with Crippen molar-refractivity contribution in [3.63, 3.8) is 0 Å². The first-order valence-corrected chi connectivity index (χ1v) is 9.05. The summed E-state index contributed by atoms with van der Waals surface area (Å²) in [7, 11) is 1.33. The molecule has 0 atom stereocenters. The molecule has 2 aromatic carbocycles. The maximum atomic E-state index is 12.7. The van der Waals surface area contributed by atoms with Crippen LogP contribution in [0.4, 0.5) is 0 Å². The summed E-state index contributed by atoms with van der Waals surface area (Å²) >= 11 is 0. The number of ether oxygens (including phenoxy) is 1. The van der Waals surface area contributed by atoms with Crippen LogP contribution in [0, 0.1) is 0 Å². The van der Waals surface area contributed by atoms with Gasteiger partial charge in [-0.3, -0.25) is 0 Å². The Morgan fingerprint density at radius 2 is 1.28 bits per heavy atom. The lowest BCUT2D eigenvalue weighted by Gasteiger charge is -2.11. The van der Waals surface area contributed by atoms with Crippen molar-refractivity contribution in [1.82, 2.24) is 9.97 Å². The number of carbonyl (C=O) groups is 2. The fourth-order valence-electron chi connectivity index (χ4n) is 3.92. The molecule has 0 saturated carbocycles. The molecule has 0 aliphatic heterocycles. The summed E-state index contributed by atoms with van der Waals surface area (Å²) in [5.41, 5.74) is 4.33. The maximum Gasteiger partial charge on any atom is 0.340 e. The lowest BCUT2D eigenvalue weighted by molar-refractivity contribution is -0.133. The highest BCUT2D eigenvalue weighted by Crippen LogP contribution is 2.38. The normalized spacial score (nSPS) is 16.7. The van der Waals surface area contributed by atoms with Crippen LogP contribution in [0.1, 0.15) is 22.5 Å². The first-order chi connectivity index (χ1) is 14.1. The highest BCUT2D eigenvalue weighted by molar-refractivity contribution is 6.29. The van der Waals surface area contributed by atoms with Gasteiger partial charge >= 0.3 is 11.9 Å². The smallest absolute Gasteiger partial charge is 0.340 e. The van der Waals surface area contributed by atoms with Crippen LogP contribution in [-0.2, 0) is 14.3 Å². The van der Waals surface area contributed by atoms with E-state index in [9.17, 15) is 14.7 Å². The second-order valence-corrected chi connectivity index (χ2v) is 6.83. The molecule has 0 unspecified atom stereocenters. The Hall–Kier alpha value is -4.06.